The number of nitriles is 1. The number of anilines is 2. The zero-order chi connectivity index (χ0) is 31.0. The minimum atomic E-state index is -0.260. The van der Waals surface area contributed by atoms with Gasteiger partial charge in [-0.2, -0.15) is 15.2 Å². The molecule has 1 aromatic carbocycles. The number of fused-ring (bicyclic) bond motifs is 2. The number of likely N-dealkylation sites (N-methyl/N-ethyl adjacent to an activating group) is 1. The molecule has 6 rings (SSSR count). The second-order valence-corrected chi connectivity index (χ2v) is 13.0. The molecule has 4 heterocycles. The third-order valence-corrected chi connectivity index (χ3v) is 9.56. The van der Waals surface area contributed by atoms with Gasteiger partial charge in [0, 0.05) is 60.3 Å². The van der Waals surface area contributed by atoms with Gasteiger partial charge in [-0.25, -0.2) is 0 Å². The second kappa shape index (κ2) is 12.2. The first-order valence-corrected chi connectivity index (χ1v) is 15.7. The van der Waals surface area contributed by atoms with Crippen LogP contribution in [0.2, 0.25) is 5.02 Å². The number of hydrogen-bond acceptors (Lipinski definition) is 9. The van der Waals surface area contributed by atoms with Crippen molar-refractivity contribution in [3.63, 3.8) is 0 Å². The van der Waals surface area contributed by atoms with Gasteiger partial charge >= 0.3 is 6.01 Å². The number of piperazine rings is 1. The van der Waals surface area contributed by atoms with Crippen LogP contribution in [-0.4, -0.2) is 88.1 Å². The minimum absolute atomic E-state index is 0.154. The highest BCUT2D eigenvalue weighted by Crippen LogP contribution is 2.37. The summed E-state index contributed by atoms with van der Waals surface area (Å²) < 4.78 is 6.38. The summed E-state index contributed by atoms with van der Waals surface area (Å²) in [6, 6.07) is 8.80. The lowest BCUT2D eigenvalue weighted by molar-refractivity contribution is -0.128. The maximum atomic E-state index is 12.6. The van der Waals surface area contributed by atoms with Gasteiger partial charge in [0.25, 0.3) is 0 Å². The van der Waals surface area contributed by atoms with Crippen molar-refractivity contribution in [2.45, 2.75) is 63.7 Å². The van der Waals surface area contributed by atoms with Gasteiger partial charge < -0.3 is 19.4 Å². The van der Waals surface area contributed by atoms with Crippen molar-refractivity contribution >= 4 is 39.8 Å². The Morgan fingerprint density at radius 2 is 2.05 bits per heavy atom. The molecule has 0 N–H and O–H groups in total. The van der Waals surface area contributed by atoms with Crippen LogP contribution in [0.15, 0.2) is 43.2 Å². The molecular weight excluding hydrogens is 576 g/mol. The quantitative estimate of drug-likeness (QED) is 0.320. The van der Waals surface area contributed by atoms with Gasteiger partial charge in [0.1, 0.15) is 12.4 Å². The number of carbonyl (C=O) groups excluding carboxylic acids is 1. The van der Waals surface area contributed by atoms with Gasteiger partial charge in [0.2, 0.25) is 5.91 Å². The molecule has 2 fully saturated rings. The predicted molar refractivity (Wildman–Crippen MR) is 172 cm³/mol. The average molecular weight is 615 g/mol. The summed E-state index contributed by atoms with van der Waals surface area (Å²) in [6.45, 7) is 11.3. The van der Waals surface area contributed by atoms with Crippen molar-refractivity contribution < 1.29 is 9.53 Å². The van der Waals surface area contributed by atoms with Crippen LogP contribution in [0.5, 0.6) is 6.01 Å². The molecule has 0 spiro atoms. The van der Waals surface area contributed by atoms with E-state index in [1.807, 2.05) is 30.6 Å². The Bertz CT molecular complexity index is 1610. The molecule has 230 valence electrons. The molecule has 1 saturated carbocycles. The van der Waals surface area contributed by atoms with Crippen LogP contribution < -0.4 is 14.5 Å². The highest BCUT2D eigenvalue weighted by molar-refractivity contribution is 6.36. The summed E-state index contributed by atoms with van der Waals surface area (Å²) in [5, 5.41) is 12.2. The van der Waals surface area contributed by atoms with Crippen LogP contribution in [-0.2, 0) is 17.8 Å². The zero-order valence-electron chi connectivity index (χ0n) is 25.7. The van der Waals surface area contributed by atoms with E-state index in [2.05, 4.69) is 53.2 Å². The highest BCUT2D eigenvalue weighted by Gasteiger charge is 2.37. The van der Waals surface area contributed by atoms with E-state index < -0.39 is 0 Å². The molecular formula is C33H39ClN8O2. The molecule has 1 amide bonds. The monoisotopic (exact) mass is 614 g/mol. The van der Waals surface area contributed by atoms with Crippen molar-refractivity contribution in [1.29, 1.82) is 5.26 Å². The lowest BCUT2D eigenvalue weighted by Crippen LogP contribution is -2.55. The van der Waals surface area contributed by atoms with E-state index in [-0.39, 0.29) is 23.9 Å². The molecule has 10 nitrogen and oxygen atoms in total. The van der Waals surface area contributed by atoms with Crippen molar-refractivity contribution in [1.82, 2.24) is 24.8 Å². The van der Waals surface area contributed by atoms with E-state index in [9.17, 15) is 10.1 Å². The number of amides is 1. The van der Waals surface area contributed by atoms with Crippen LogP contribution >= 0.6 is 11.6 Å². The smallest absolute Gasteiger partial charge is 0.318 e. The van der Waals surface area contributed by atoms with E-state index >= 15 is 0 Å². The summed E-state index contributed by atoms with van der Waals surface area (Å²) >= 11 is 6.69. The van der Waals surface area contributed by atoms with Crippen LogP contribution in [0.25, 0.3) is 10.8 Å². The Balaban J connectivity index is 1.34. The number of nitrogens with zero attached hydrogens (tertiary/aromatic N) is 8. The predicted octanol–water partition coefficient (Wildman–Crippen LogP) is 4.61. The number of hydrogen-bond donors (Lipinski definition) is 0. The molecule has 0 bridgehead atoms. The standard InChI is InChI=1S/C33H39ClN8O2/c1-5-29(43)42-16-15-41(19-24(42)11-13-35)31-25-12-14-40(28-18-36-17-22-7-6-8-26(34)30(22)28)20-27(25)37-32(38-31)44-21-33(2,3)39(4)23-9-10-23/h5-8,17-18,23-24H,1,9-12,14-16,19-21H2,2-4H3/t24-/m0/s1. The molecule has 11 heteroatoms. The number of benzene rings is 1. The number of halogens is 1. The number of carbonyl (C=O) groups is 1. The van der Waals surface area contributed by atoms with E-state index in [4.69, 9.17) is 26.3 Å². The van der Waals surface area contributed by atoms with Gasteiger partial charge in [-0.3, -0.25) is 14.7 Å². The van der Waals surface area contributed by atoms with Gasteiger partial charge in [0.15, 0.2) is 0 Å². The van der Waals surface area contributed by atoms with Gasteiger partial charge in [-0.1, -0.05) is 30.3 Å². The Labute approximate surface area is 263 Å². The van der Waals surface area contributed by atoms with E-state index in [1.165, 1.54) is 18.9 Å². The molecule has 1 atom stereocenters. The Kier molecular flexibility index (Phi) is 8.36. The van der Waals surface area contributed by atoms with Crippen LogP contribution in [0.3, 0.4) is 0 Å². The third kappa shape index (κ3) is 5.91. The van der Waals surface area contributed by atoms with Gasteiger partial charge in [-0.05, 0) is 52.3 Å². The molecule has 3 aromatic rings. The van der Waals surface area contributed by atoms with Gasteiger partial charge in [-0.15, -0.1) is 0 Å². The Morgan fingerprint density at radius 1 is 1.23 bits per heavy atom. The second-order valence-electron chi connectivity index (χ2n) is 12.6. The van der Waals surface area contributed by atoms with Crippen molar-refractivity contribution in [2.75, 3.05) is 49.6 Å². The number of pyridine rings is 1. The molecule has 1 saturated heterocycles. The first-order chi connectivity index (χ1) is 21.2. The Morgan fingerprint density at radius 3 is 2.80 bits per heavy atom. The highest BCUT2D eigenvalue weighted by atomic mass is 35.5. The largest absolute Gasteiger partial charge is 0.461 e. The molecule has 44 heavy (non-hydrogen) atoms. The zero-order valence-corrected chi connectivity index (χ0v) is 26.4. The third-order valence-electron chi connectivity index (χ3n) is 9.25. The Hall–Kier alpha value is -3.94. The summed E-state index contributed by atoms with van der Waals surface area (Å²) in [5.41, 5.74) is 2.75. The van der Waals surface area contributed by atoms with Crippen molar-refractivity contribution in [3.05, 3.63) is 59.5 Å². The SMILES string of the molecule is C=CC(=O)N1CCN(c2nc(OCC(C)(C)N(C)C3CC3)nc3c2CCN(c2cncc4cccc(Cl)c24)C3)C[C@@H]1CC#N. The lowest BCUT2D eigenvalue weighted by Gasteiger charge is -2.42. The maximum Gasteiger partial charge on any atom is 0.318 e. The summed E-state index contributed by atoms with van der Waals surface area (Å²) in [7, 11) is 2.15. The molecule has 0 radical (unpaired) electrons. The lowest BCUT2D eigenvalue weighted by atomic mass is 10.0. The molecule has 2 aromatic heterocycles. The van der Waals surface area contributed by atoms with Crippen LogP contribution in [0, 0.1) is 11.3 Å². The summed E-state index contributed by atoms with van der Waals surface area (Å²) in [4.78, 5) is 35.6. The molecule has 0 unspecified atom stereocenters. The van der Waals surface area contributed by atoms with Crippen molar-refractivity contribution in [2.24, 2.45) is 0 Å². The van der Waals surface area contributed by atoms with E-state index in [1.54, 1.807) is 4.90 Å². The fraction of sp³-hybridized carbons (Fsp3) is 0.485. The topological polar surface area (TPSA) is 102 Å². The van der Waals surface area contributed by atoms with Crippen LogP contribution in [0.4, 0.5) is 11.5 Å². The molecule has 2 aliphatic heterocycles. The first kappa shape index (κ1) is 30.1. The van der Waals surface area contributed by atoms with Gasteiger partial charge in [0.05, 0.1) is 47.7 Å². The van der Waals surface area contributed by atoms with Crippen molar-refractivity contribution in [3.8, 4) is 12.1 Å². The summed E-state index contributed by atoms with van der Waals surface area (Å²) in [6.07, 6.45) is 8.41. The molecule has 3 aliphatic rings. The number of ether oxygens (including phenoxy) is 1. The number of aromatic nitrogens is 3. The van der Waals surface area contributed by atoms with E-state index in [0.717, 1.165) is 46.5 Å². The average Bonchev–Trinajstić information content (AvgIpc) is 3.88. The molecule has 1 aliphatic carbocycles. The maximum absolute atomic E-state index is 12.6. The fourth-order valence-corrected chi connectivity index (χ4v) is 6.64. The normalized spacial score (nSPS) is 18.7. The van der Waals surface area contributed by atoms with E-state index in [0.29, 0.717) is 49.9 Å². The van der Waals surface area contributed by atoms with Crippen LogP contribution in [0.1, 0.15) is 44.4 Å². The minimum Gasteiger partial charge on any atom is -0.461 e. The fourth-order valence-electron chi connectivity index (χ4n) is 6.37. The summed E-state index contributed by atoms with van der Waals surface area (Å²) in [5.74, 6) is 0.666. The number of rotatable bonds is 9. The first-order valence-electron chi connectivity index (χ1n) is 15.3.